The molecule has 0 radical (unpaired) electrons. The van der Waals surface area contributed by atoms with Crippen molar-refractivity contribution in [3.8, 4) is 0 Å². The monoisotopic (exact) mass is 453 g/mol. The summed E-state index contributed by atoms with van der Waals surface area (Å²) in [5, 5.41) is 6.14. The van der Waals surface area contributed by atoms with Gasteiger partial charge in [-0.2, -0.15) is 0 Å². The topological polar surface area (TPSA) is 82.3 Å². The lowest BCUT2D eigenvalue weighted by atomic mass is 9.96. The minimum Gasteiger partial charge on any atom is -0.361 e. The van der Waals surface area contributed by atoms with Crippen LogP contribution in [0, 0.1) is 0 Å². The molecule has 2 aromatic heterocycles. The van der Waals surface area contributed by atoms with Gasteiger partial charge in [0, 0.05) is 54.1 Å². The number of rotatable bonds is 7. The fourth-order valence-electron chi connectivity index (χ4n) is 3.54. The van der Waals surface area contributed by atoms with E-state index in [0.717, 1.165) is 25.6 Å². The van der Waals surface area contributed by atoms with Gasteiger partial charge in [0.15, 0.2) is 0 Å². The van der Waals surface area contributed by atoms with Crippen LogP contribution < -0.4 is 5.32 Å². The number of aromatic nitrogens is 1. The molecule has 4 aromatic rings. The Kier molecular flexibility index (Phi) is 5.95. The number of nitrogens with one attached hydrogen (secondary N) is 2. The zero-order valence-electron chi connectivity index (χ0n) is 17.2. The molecule has 0 saturated carbocycles. The number of benzene rings is 2. The third kappa shape index (κ3) is 4.27. The zero-order valence-corrected chi connectivity index (χ0v) is 18.8. The van der Waals surface area contributed by atoms with Gasteiger partial charge in [0.1, 0.15) is 0 Å². The minimum atomic E-state index is -3.61. The third-order valence-corrected chi connectivity index (χ3v) is 8.02. The number of H-pyrrole nitrogens is 1. The van der Waals surface area contributed by atoms with Crippen LogP contribution in [0.1, 0.15) is 26.7 Å². The summed E-state index contributed by atoms with van der Waals surface area (Å²) in [7, 11) is -0.674. The van der Waals surface area contributed by atoms with Crippen LogP contribution in [0.25, 0.3) is 10.9 Å². The molecule has 0 aliphatic heterocycles. The molecular formula is C23H23N3O3S2. The van der Waals surface area contributed by atoms with E-state index in [4.69, 9.17) is 0 Å². The average Bonchev–Trinajstić information content (AvgIpc) is 3.45. The van der Waals surface area contributed by atoms with Crippen LogP contribution in [0.3, 0.4) is 0 Å². The zero-order chi connectivity index (χ0) is 22.0. The van der Waals surface area contributed by atoms with Gasteiger partial charge in [0.05, 0.1) is 4.90 Å². The summed E-state index contributed by atoms with van der Waals surface area (Å²) in [6, 6.07) is 18.3. The van der Waals surface area contributed by atoms with Gasteiger partial charge in [-0.25, -0.2) is 12.7 Å². The smallest absolute Gasteiger partial charge is 0.251 e. The van der Waals surface area contributed by atoms with Crippen molar-refractivity contribution in [2.24, 2.45) is 0 Å². The molecule has 1 amide bonds. The number of carbonyl (C=O) groups excluding carboxylic acids is 1. The molecule has 4 rings (SSSR count). The highest BCUT2D eigenvalue weighted by Gasteiger charge is 2.22. The van der Waals surface area contributed by atoms with E-state index in [2.05, 4.69) is 22.4 Å². The average molecular weight is 454 g/mol. The normalized spacial score (nSPS) is 12.9. The first kappa shape index (κ1) is 21.3. The van der Waals surface area contributed by atoms with Gasteiger partial charge >= 0.3 is 0 Å². The number of aromatic amines is 1. The van der Waals surface area contributed by atoms with Crippen LogP contribution in [-0.2, 0) is 10.0 Å². The van der Waals surface area contributed by atoms with Crippen LogP contribution in [-0.4, -0.2) is 44.3 Å². The lowest BCUT2D eigenvalue weighted by Gasteiger charge is -2.17. The molecule has 0 bridgehead atoms. The molecule has 160 valence electrons. The van der Waals surface area contributed by atoms with Crippen molar-refractivity contribution in [2.75, 3.05) is 20.6 Å². The summed E-state index contributed by atoms with van der Waals surface area (Å²) in [5.74, 6) is -0.328. The molecule has 1 atom stereocenters. The molecule has 0 unspecified atom stereocenters. The lowest BCUT2D eigenvalue weighted by Crippen LogP contribution is -2.29. The summed E-state index contributed by atoms with van der Waals surface area (Å²) in [4.78, 5) is 17.4. The fourth-order valence-corrected chi connectivity index (χ4v) is 5.34. The largest absolute Gasteiger partial charge is 0.361 e. The van der Waals surface area contributed by atoms with E-state index in [0.29, 0.717) is 12.1 Å². The van der Waals surface area contributed by atoms with Crippen molar-refractivity contribution in [1.29, 1.82) is 0 Å². The first-order valence-electron chi connectivity index (χ1n) is 9.78. The Hall–Kier alpha value is -2.94. The molecular weight excluding hydrogens is 430 g/mol. The predicted molar refractivity (Wildman–Crippen MR) is 124 cm³/mol. The van der Waals surface area contributed by atoms with E-state index in [1.54, 1.807) is 23.5 Å². The highest BCUT2D eigenvalue weighted by atomic mass is 32.2. The van der Waals surface area contributed by atoms with E-state index < -0.39 is 10.0 Å². The molecule has 0 fully saturated rings. The molecule has 0 aliphatic rings. The number of fused-ring (bicyclic) bond motifs is 1. The maximum Gasteiger partial charge on any atom is 0.251 e. The molecule has 2 heterocycles. The molecule has 6 nitrogen and oxygen atoms in total. The third-order valence-electron chi connectivity index (χ3n) is 5.22. The molecule has 0 saturated heterocycles. The first-order chi connectivity index (χ1) is 14.9. The first-order valence-corrected chi connectivity index (χ1v) is 12.1. The predicted octanol–water partition coefficient (Wildman–Crippen LogP) is 4.04. The number of hydrogen-bond acceptors (Lipinski definition) is 4. The van der Waals surface area contributed by atoms with E-state index in [9.17, 15) is 13.2 Å². The van der Waals surface area contributed by atoms with Crippen molar-refractivity contribution in [3.63, 3.8) is 0 Å². The molecule has 0 spiro atoms. The quantitative estimate of drug-likeness (QED) is 0.443. The summed E-state index contributed by atoms with van der Waals surface area (Å²) >= 11 is 1.64. The highest BCUT2D eigenvalue weighted by Crippen LogP contribution is 2.32. The van der Waals surface area contributed by atoms with Crippen LogP contribution >= 0.6 is 11.3 Å². The summed E-state index contributed by atoms with van der Waals surface area (Å²) in [5.41, 5.74) is 2.47. The van der Waals surface area contributed by atoms with E-state index in [-0.39, 0.29) is 16.7 Å². The maximum absolute atomic E-state index is 12.9. The standard InChI is InChI=1S/C23H23N3O3S2/c1-26(2)31(28,29)17-8-5-7-16(13-17)23(27)25-15-20(22-11-6-12-30-22)19-14-24-21-10-4-3-9-18(19)21/h3-14,20,24H,15H2,1-2H3,(H,25,27)/t20-/m0/s1. The highest BCUT2D eigenvalue weighted by molar-refractivity contribution is 7.89. The summed E-state index contributed by atoms with van der Waals surface area (Å²) in [6.07, 6.45) is 1.99. The number of sulfonamides is 1. The lowest BCUT2D eigenvalue weighted by molar-refractivity contribution is 0.0952. The SMILES string of the molecule is CN(C)S(=O)(=O)c1cccc(C(=O)NC[C@H](c2cccs2)c2c[nH]c3ccccc23)c1. The van der Waals surface area contributed by atoms with Gasteiger partial charge in [-0.05, 0) is 41.3 Å². The van der Waals surface area contributed by atoms with Crippen molar-refractivity contribution < 1.29 is 13.2 Å². The van der Waals surface area contributed by atoms with Crippen molar-refractivity contribution >= 4 is 38.2 Å². The van der Waals surface area contributed by atoms with Gasteiger partial charge < -0.3 is 10.3 Å². The number of hydrogen-bond donors (Lipinski definition) is 2. The number of para-hydroxylation sites is 1. The van der Waals surface area contributed by atoms with E-state index >= 15 is 0 Å². The van der Waals surface area contributed by atoms with E-state index in [1.165, 1.54) is 26.2 Å². The molecule has 0 aliphatic carbocycles. The van der Waals surface area contributed by atoms with Crippen LogP contribution in [0.2, 0.25) is 0 Å². The van der Waals surface area contributed by atoms with E-state index in [1.807, 2.05) is 35.8 Å². The fraction of sp³-hybridized carbons (Fsp3) is 0.174. The molecule has 2 aromatic carbocycles. The Morgan fingerprint density at radius 1 is 1.10 bits per heavy atom. The summed E-state index contributed by atoms with van der Waals surface area (Å²) < 4.78 is 25.9. The van der Waals surface area contributed by atoms with Gasteiger partial charge in [-0.3, -0.25) is 4.79 Å². The Balaban J connectivity index is 1.59. The van der Waals surface area contributed by atoms with Gasteiger partial charge in [0.25, 0.3) is 5.91 Å². The van der Waals surface area contributed by atoms with Gasteiger partial charge in [-0.15, -0.1) is 11.3 Å². The Morgan fingerprint density at radius 3 is 2.65 bits per heavy atom. The number of thiophene rings is 1. The number of nitrogens with zero attached hydrogens (tertiary/aromatic N) is 1. The van der Waals surface area contributed by atoms with Gasteiger partial charge in [-0.1, -0.05) is 30.3 Å². The Bertz CT molecular complexity index is 1310. The second kappa shape index (κ2) is 8.66. The van der Waals surface area contributed by atoms with Crippen LogP contribution in [0.15, 0.2) is 77.1 Å². The Morgan fingerprint density at radius 2 is 1.90 bits per heavy atom. The molecule has 31 heavy (non-hydrogen) atoms. The minimum absolute atomic E-state index is 0.0196. The maximum atomic E-state index is 12.9. The second-order valence-corrected chi connectivity index (χ2v) is 10.5. The van der Waals surface area contributed by atoms with Crippen molar-refractivity contribution in [3.05, 3.63) is 88.2 Å². The second-order valence-electron chi connectivity index (χ2n) is 7.38. The van der Waals surface area contributed by atoms with Gasteiger partial charge in [0.2, 0.25) is 10.0 Å². The summed E-state index contributed by atoms with van der Waals surface area (Å²) in [6.45, 7) is 0.395. The van der Waals surface area contributed by atoms with Crippen LogP contribution in [0.5, 0.6) is 0 Å². The number of amides is 1. The van der Waals surface area contributed by atoms with Crippen molar-refractivity contribution in [1.82, 2.24) is 14.6 Å². The molecule has 8 heteroatoms. The number of carbonyl (C=O) groups is 1. The Labute approximate surface area is 185 Å². The van der Waals surface area contributed by atoms with Crippen LogP contribution in [0.4, 0.5) is 0 Å². The van der Waals surface area contributed by atoms with Crippen molar-refractivity contribution in [2.45, 2.75) is 10.8 Å². The molecule has 2 N–H and O–H groups in total.